The van der Waals surface area contributed by atoms with Gasteiger partial charge >= 0.3 is 6.18 Å². The van der Waals surface area contributed by atoms with Gasteiger partial charge in [-0.05, 0) is 47.8 Å². The van der Waals surface area contributed by atoms with Crippen LogP contribution in [0.5, 0.6) is 5.75 Å². The van der Waals surface area contributed by atoms with Gasteiger partial charge in [-0.2, -0.15) is 22.8 Å². The van der Waals surface area contributed by atoms with Crippen LogP contribution in [0.4, 0.5) is 18.9 Å². The Bertz CT molecular complexity index is 1500. The number of nitrogens with one attached hydrogen (secondary N) is 1. The van der Waals surface area contributed by atoms with E-state index < -0.39 is 30.0 Å². The Morgan fingerprint density at radius 3 is 2.66 bits per heavy atom. The van der Waals surface area contributed by atoms with Crippen LogP contribution in [0, 0.1) is 0 Å². The summed E-state index contributed by atoms with van der Waals surface area (Å²) in [6, 6.07) is 19.1. The molecule has 1 N–H and O–H groups in total. The molecule has 0 radical (unpaired) electrons. The van der Waals surface area contributed by atoms with E-state index in [0.29, 0.717) is 22.9 Å². The number of hydrogen-bond donors (Lipinski definition) is 1. The molecule has 5 aromatic rings. The molecule has 0 aliphatic heterocycles. The number of hydrogen-bond acceptors (Lipinski definition) is 6. The zero-order valence-corrected chi connectivity index (χ0v) is 18.7. The Balaban J connectivity index is 1.32. The van der Waals surface area contributed by atoms with Crippen LogP contribution < -0.4 is 10.1 Å². The summed E-state index contributed by atoms with van der Waals surface area (Å²) < 4.78 is 46.1. The number of aromatic nitrogens is 4. The number of alkyl halides is 3. The van der Waals surface area contributed by atoms with E-state index in [0.717, 1.165) is 16.5 Å². The lowest BCUT2D eigenvalue weighted by Gasteiger charge is -2.13. The molecule has 0 aliphatic carbocycles. The van der Waals surface area contributed by atoms with Crippen LogP contribution in [-0.4, -0.2) is 32.3 Å². The first-order valence-electron chi connectivity index (χ1n) is 10.3. The number of amides is 1. The molecule has 0 fully saturated rings. The molecule has 176 valence electrons. The number of para-hydroxylation sites is 1. The predicted octanol–water partition coefficient (Wildman–Crippen LogP) is 5.56. The number of halogens is 3. The molecule has 7 nitrogen and oxygen atoms in total. The number of anilines is 1. The highest BCUT2D eigenvalue weighted by atomic mass is 32.1. The molecule has 0 saturated carbocycles. The fourth-order valence-electron chi connectivity index (χ4n) is 3.43. The second-order valence-corrected chi connectivity index (χ2v) is 8.35. The summed E-state index contributed by atoms with van der Waals surface area (Å²) in [4.78, 5) is 13.3. The molecule has 11 heteroatoms. The summed E-state index contributed by atoms with van der Waals surface area (Å²) in [7, 11) is 0. The Hall–Kier alpha value is -4.25. The monoisotopic (exact) mass is 495 g/mol. The van der Waals surface area contributed by atoms with E-state index in [1.807, 2.05) is 23.6 Å². The third kappa shape index (κ3) is 4.85. The Kier molecular flexibility index (Phi) is 5.91. The van der Waals surface area contributed by atoms with Gasteiger partial charge < -0.3 is 10.1 Å². The zero-order chi connectivity index (χ0) is 24.4. The summed E-state index contributed by atoms with van der Waals surface area (Å²) >= 11 is 1.53. The van der Waals surface area contributed by atoms with E-state index in [-0.39, 0.29) is 0 Å². The average molecular weight is 495 g/mol. The second kappa shape index (κ2) is 9.18. The minimum Gasteiger partial charge on any atom is -0.483 e. The lowest BCUT2D eigenvalue weighted by atomic mass is 10.1. The normalized spacial score (nSPS) is 11.5. The first-order valence-corrected chi connectivity index (χ1v) is 11.2. The van der Waals surface area contributed by atoms with Gasteiger partial charge in [0.05, 0.1) is 16.1 Å². The molecule has 0 saturated heterocycles. The van der Waals surface area contributed by atoms with Gasteiger partial charge in [-0.1, -0.05) is 30.3 Å². The van der Waals surface area contributed by atoms with E-state index >= 15 is 0 Å². The summed E-state index contributed by atoms with van der Waals surface area (Å²) in [6.45, 7) is -0.577. The number of benzene rings is 2. The SMILES string of the molecule is O=C(COc1ccccc1C(F)(F)F)Nc1cccc(-c2ccc3nnc(-c4cccs4)n3n2)c1. The van der Waals surface area contributed by atoms with Gasteiger partial charge in [-0.15, -0.1) is 21.5 Å². The van der Waals surface area contributed by atoms with Crippen molar-refractivity contribution in [3.05, 3.63) is 83.7 Å². The van der Waals surface area contributed by atoms with Crippen LogP contribution in [0.15, 0.2) is 78.2 Å². The highest BCUT2D eigenvalue weighted by molar-refractivity contribution is 7.13. The van der Waals surface area contributed by atoms with Crippen molar-refractivity contribution in [3.8, 4) is 27.7 Å². The van der Waals surface area contributed by atoms with Gasteiger partial charge in [0.2, 0.25) is 0 Å². The van der Waals surface area contributed by atoms with E-state index in [9.17, 15) is 18.0 Å². The first-order chi connectivity index (χ1) is 16.9. The zero-order valence-electron chi connectivity index (χ0n) is 17.9. The van der Waals surface area contributed by atoms with Crippen LogP contribution in [0.1, 0.15) is 5.56 Å². The molecular weight excluding hydrogens is 479 g/mol. The molecule has 3 aromatic heterocycles. The molecular formula is C24H16F3N5O2S. The number of fused-ring (bicyclic) bond motifs is 1. The average Bonchev–Trinajstić information content (AvgIpc) is 3.52. The molecule has 0 atom stereocenters. The lowest BCUT2D eigenvalue weighted by molar-refractivity contribution is -0.139. The topological polar surface area (TPSA) is 81.4 Å². The van der Waals surface area contributed by atoms with Crippen molar-refractivity contribution in [3.63, 3.8) is 0 Å². The molecule has 0 spiro atoms. The number of nitrogens with zero attached hydrogens (tertiary/aromatic N) is 4. The van der Waals surface area contributed by atoms with Crippen molar-refractivity contribution in [1.29, 1.82) is 0 Å². The number of thiophene rings is 1. The summed E-state index contributed by atoms with van der Waals surface area (Å²) in [5.41, 5.74) is 1.45. The quantitative estimate of drug-likeness (QED) is 0.334. The number of rotatable bonds is 6. The van der Waals surface area contributed by atoms with Crippen molar-refractivity contribution in [1.82, 2.24) is 19.8 Å². The number of carbonyl (C=O) groups is 1. The molecule has 2 aromatic carbocycles. The molecule has 0 unspecified atom stereocenters. The van der Waals surface area contributed by atoms with Crippen molar-refractivity contribution in [2.45, 2.75) is 6.18 Å². The van der Waals surface area contributed by atoms with E-state index in [1.54, 1.807) is 34.8 Å². The summed E-state index contributed by atoms with van der Waals surface area (Å²) in [6.07, 6.45) is -4.58. The largest absolute Gasteiger partial charge is 0.483 e. The third-order valence-corrected chi connectivity index (χ3v) is 5.86. The van der Waals surface area contributed by atoms with Gasteiger partial charge in [-0.25, -0.2) is 0 Å². The molecule has 1 amide bonds. The smallest absolute Gasteiger partial charge is 0.419 e. The molecule has 35 heavy (non-hydrogen) atoms. The van der Waals surface area contributed by atoms with Gasteiger partial charge in [-0.3, -0.25) is 4.79 Å². The van der Waals surface area contributed by atoms with E-state index in [4.69, 9.17) is 4.74 Å². The third-order valence-electron chi connectivity index (χ3n) is 5.00. The van der Waals surface area contributed by atoms with Crippen LogP contribution >= 0.6 is 11.3 Å². The van der Waals surface area contributed by atoms with Crippen LogP contribution in [0.3, 0.4) is 0 Å². The van der Waals surface area contributed by atoms with Crippen molar-refractivity contribution >= 4 is 28.6 Å². The fraction of sp³-hybridized carbons (Fsp3) is 0.0833. The molecule has 3 heterocycles. The first kappa shape index (κ1) is 22.5. The fourth-order valence-corrected chi connectivity index (χ4v) is 4.12. The van der Waals surface area contributed by atoms with Crippen molar-refractivity contribution in [2.75, 3.05) is 11.9 Å². The van der Waals surface area contributed by atoms with Gasteiger partial charge in [0, 0.05) is 11.3 Å². The molecule has 0 bridgehead atoms. The second-order valence-electron chi connectivity index (χ2n) is 7.40. The minimum atomic E-state index is -4.58. The van der Waals surface area contributed by atoms with Crippen LogP contribution in [0.25, 0.3) is 27.6 Å². The summed E-state index contributed by atoms with van der Waals surface area (Å²) in [5, 5.41) is 17.6. The maximum Gasteiger partial charge on any atom is 0.419 e. The lowest BCUT2D eigenvalue weighted by Crippen LogP contribution is -2.21. The maximum atomic E-state index is 13.1. The predicted molar refractivity (Wildman–Crippen MR) is 125 cm³/mol. The van der Waals surface area contributed by atoms with Crippen molar-refractivity contribution < 1.29 is 22.7 Å². The maximum absolute atomic E-state index is 13.1. The van der Waals surface area contributed by atoms with Gasteiger partial charge in [0.15, 0.2) is 18.1 Å². The molecule has 0 aliphatic rings. The van der Waals surface area contributed by atoms with Crippen molar-refractivity contribution in [2.24, 2.45) is 0 Å². The molecule has 5 rings (SSSR count). The summed E-state index contributed by atoms with van der Waals surface area (Å²) in [5.74, 6) is -0.379. The Labute approximate surface area is 200 Å². The Morgan fingerprint density at radius 2 is 1.86 bits per heavy atom. The number of carbonyl (C=O) groups excluding carboxylic acids is 1. The highest BCUT2D eigenvalue weighted by Crippen LogP contribution is 2.35. The van der Waals surface area contributed by atoms with E-state index in [1.165, 1.54) is 29.5 Å². The van der Waals surface area contributed by atoms with Gasteiger partial charge in [0.1, 0.15) is 5.75 Å². The highest BCUT2D eigenvalue weighted by Gasteiger charge is 2.34. The number of ether oxygens (including phenoxy) is 1. The Morgan fingerprint density at radius 1 is 1.00 bits per heavy atom. The van der Waals surface area contributed by atoms with E-state index in [2.05, 4.69) is 20.6 Å². The minimum absolute atomic E-state index is 0.406. The van der Waals surface area contributed by atoms with Crippen LogP contribution in [-0.2, 0) is 11.0 Å². The van der Waals surface area contributed by atoms with Crippen LogP contribution in [0.2, 0.25) is 0 Å². The standard InChI is InChI=1S/C24H16F3N5O2S/c25-24(26,27)17-7-1-2-8-19(17)34-14-22(33)28-16-6-3-5-15(13-16)18-10-11-21-29-30-23(32(21)31-18)20-9-4-12-35-20/h1-13H,14H2,(H,28,33). The van der Waals surface area contributed by atoms with Gasteiger partial charge in [0.25, 0.3) is 5.91 Å².